The van der Waals surface area contributed by atoms with E-state index in [0.717, 1.165) is 4.90 Å². The Morgan fingerprint density at radius 2 is 1.80 bits per heavy atom. The first kappa shape index (κ1) is 15.3. The second-order valence-electron chi connectivity index (χ2n) is 5.63. The third kappa shape index (κ3) is 2.34. The van der Waals surface area contributed by atoms with Crippen LogP contribution in [0.4, 0.5) is 15.8 Å². The lowest BCUT2D eigenvalue weighted by Crippen LogP contribution is -2.39. The molecule has 8 heteroatoms. The zero-order valence-electron chi connectivity index (χ0n) is 13.2. The van der Waals surface area contributed by atoms with E-state index < -0.39 is 29.7 Å². The van der Waals surface area contributed by atoms with E-state index in [1.165, 1.54) is 36.4 Å². The van der Waals surface area contributed by atoms with Gasteiger partial charge in [-0.1, -0.05) is 11.3 Å². The number of halogens is 1. The quantitative estimate of drug-likeness (QED) is 0.804. The van der Waals surface area contributed by atoms with Crippen molar-refractivity contribution in [3.05, 3.63) is 54.3 Å². The monoisotopic (exact) mass is 340 g/mol. The minimum Gasteiger partial charge on any atom is -0.497 e. The lowest BCUT2D eigenvalue weighted by atomic mass is 10.1. The molecular weight excluding hydrogens is 327 g/mol. The smallest absolute Gasteiger partial charge is 0.263 e. The van der Waals surface area contributed by atoms with E-state index in [1.807, 2.05) is 0 Å². The lowest BCUT2D eigenvalue weighted by molar-refractivity contribution is -0.121. The Kier molecular flexibility index (Phi) is 3.45. The van der Waals surface area contributed by atoms with Crippen molar-refractivity contribution in [2.75, 3.05) is 17.0 Å². The number of hydrogen-bond donors (Lipinski definition) is 0. The number of imide groups is 1. The molecule has 0 saturated carbocycles. The van der Waals surface area contributed by atoms with E-state index in [1.54, 1.807) is 24.3 Å². The summed E-state index contributed by atoms with van der Waals surface area (Å²) in [5.41, 5.74) is 0.907. The van der Waals surface area contributed by atoms with Gasteiger partial charge in [0.2, 0.25) is 0 Å². The summed E-state index contributed by atoms with van der Waals surface area (Å²) in [4.78, 5) is 26.5. The number of methoxy groups -OCH3 is 1. The van der Waals surface area contributed by atoms with Crippen molar-refractivity contribution in [2.24, 2.45) is 10.3 Å². The van der Waals surface area contributed by atoms with E-state index in [4.69, 9.17) is 4.74 Å². The molecule has 0 spiro atoms. The average Bonchev–Trinajstić information content (AvgIpc) is 3.17. The molecule has 2 amide bonds. The topological polar surface area (TPSA) is 74.6 Å². The summed E-state index contributed by atoms with van der Waals surface area (Å²) in [6.07, 6.45) is 0. The molecule has 1 saturated heterocycles. The van der Waals surface area contributed by atoms with Crippen LogP contribution < -0.4 is 14.6 Å². The fourth-order valence-electron chi connectivity index (χ4n) is 2.97. The van der Waals surface area contributed by atoms with E-state index in [2.05, 4.69) is 10.3 Å². The highest BCUT2D eigenvalue weighted by Gasteiger charge is 2.55. The summed E-state index contributed by atoms with van der Waals surface area (Å²) in [5.74, 6) is -0.769. The third-order valence-electron chi connectivity index (χ3n) is 4.18. The van der Waals surface area contributed by atoms with Crippen molar-refractivity contribution in [3.8, 4) is 5.75 Å². The number of nitrogens with zero attached hydrogens (tertiary/aromatic N) is 4. The van der Waals surface area contributed by atoms with Crippen molar-refractivity contribution < 1.29 is 18.7 Å². The molecule has 2 aromatic carbocycles. The zero-order valence-corrected chi connectivity index (χ0v) is 13.2. The molecule has 2 aromatic rings. The second kappa shape index (κ2) is 5.66. The van der Waals surface area contributed by atoms with E-state index in [-0.39, 0.29) is 0 Å². The number of fused-ring (bicyclic) bond motifs is 1. The first-order valence-corrected chi connectivity index (χ1v) is 7.57. The van der Waals surface area contributed by atoms with Crippen LogP contribution in [-0.2, 0) is 9.59 Å². The molecule has 2 atom stereocenters. The van der Waals surface area contributed by atoms with Gasteiger partial charge in [-0.05, 0) is 36.4 Å². The highest BCUT2D eigenvalue weighted by atomic mass is 19.1. The van der Waals surface area contributed by atoms with E-state index >= 15 is 0 Å². The predicted molar refractivity (Wildman–Crippen MR) is 86.8 cm³/mol. The summed E-state index contributed by atoms with van der Waals surface area (Å²) in [6.45, 7) is 0. The van der Waals surface area contributed by atoms with Gasteiger partial charge in [0.05, 0.1) is 18.5 Å². The van der Waals surface area contributed by atoms with Gasteiger partial charge in [-0.15, -0.1) is 0 Å². The molecule has 7 nitrogen and oxygen atoms in total. The summed E-state index contributed by atoms with van der Waals surface area (Å²) in [6, 6.07) is 10.4. The number of benzene rings is 2. The Hall–Kier alpha value is -3.29. The van der Waals surface area contributed by atoms with Crippen molar-refractivity contribution >= 4 is 23.2 Å². The predicted octanol–water partition coefficient (Wildman–Crippen LogP) is 2.33. The number of amides is 2. The maximum absolute atomic E-state index is 13.1. The Bertz CT molecular complexity index is 884. The SMILES string of the molecule is COc1cccc(N2N=N[C@H]3C(=O)N(c4ccc(F)cc4)C(=O)[C@@H]32)c1. The van der Waals surface area contributed by atoms with Crippen molar-refractivity contribution in [2.45, 2.75) is 12.1 Å². The van der Waals surface area contributed by atoms with Crippen molar-refractivity contribution in [1.82, 2.24) is 0 Å². The molecule has 2 heterocycles. The fraction of sp³-hybridized carbons (Fsp3) is 0.176. The fourth-order valence-corrected chi connectivity index (χ4v) is 2.97. The zero-order chi connectivity index (χ0) is 17.6. The molecule has 25 heavy (non-hydrogen) atoms. The Morgan fingerprint density at radius 1 is 1.04 bits per heavy atom. The van der Waals surface area contributed by atoms with Gasteiger partial charge < -0.3 is 4.74 Å². The molecular formula is C17H13FN4O3. The third-order valence-corrected chi connectivity index (χ3v) is 4.18. The van der Waals surface area contributed by atoms with Crippen LogP contribution in [0, 0.1) is 5.82 Å². The standard InChI is InChI=1S/C17H13FN4O3/c1-25-13-4-2-3-12(9-13)22-15-14(19-20-22)16(23)21(17(15)24)11-7-5-10(18)6-8-11/h2-9,14-15H,1H3/t14-,15-/m1/s1. The molecule has 2 aliphatic rings. The van der Waals surface area contributed by atoms with E-state index in [9.17, 15) is 14.0 Å². The minimum atomic E-state index is -0.913. The number of carbonyl (C=O) groups is 2. The highest BCUT2D eigenvalue weighted by molar-refractivity contribution is 6.26. The molecule has 4 rings (SSSR count). The molecule has 0 unspecified atom stereocenters. The van der Waals surface area contributed by atoms with Crippen LogP contribution >= 0.6 is 0 Å². The van der Waals surface area contributed by atoms with Crippen LogP contribution in [0.1, 0.15) is 0 Å². The normalized spacial score (nSPS) is 21.8. The maximum Gasteiger partial charge on any atom is 0.263 e. The molecule has 126 valence electrons. The van der Waals surface area contributed by atoms with Crippen LogP contribution in [0.2, 0.25) is 0 Å². The van der Waals surface area contributed by atoms with Crippen LogP contribution in [0.15, 0.2) is 58.9 Å². The first-order chi connectivity index (χ1) is 12.1. The Morgan fingerprint density at radius 3 is 2.52 bits per heavy atom. The van der Waals surface area contributed by atoms with Gasteiger partial charge in [0.25, 0.3) is 11.8 Å². The van der Waals surface area contributed by atoms with Gasteiger partial charge >= 0.3 is 0 Å². The molecule has 0 N–H and O–H groups in total. The van der Waals surface area contributed by atoms with Gasteiger partial charge in [0, 0.05) is 6.07 Å². The van der Waals surface area contributed by atoms with Crippen molar-refractivity contribution in [1.29, 1.82) is 0 Å². The summed E-state index contributed by atoms with van der Waals surface area (Å²) in [7, 11) is 1.54. The van der Waals surface area contributed by atoms with Crippen LogP contribution in [0.3, 0.4) is 0 Å². The highest BCUT2D eigenvalue weighted by Crippen LogP contribution is 2.35. The van der Waals surface area contributed by atoms with Gasteiger partial charge in [0.1, 0.15) is 11.6 Å². The molecule has 0 aromatic heterocycles. The van der Waals surface area contributed by atoms with Gasteiger partial charge in [0.15, 0.2) is 12.1 Å². The number of ether oxygens (including phenoxy) is 1. The number of hydrogen-bond acceptors (Lipinski definition) is 6. The molecule has 0 bridgehead atoms. The summed E-state index contributed by atoms with van der Waals surface area (Å²) < 4.78 is 18.3. The van der Waals surface area contributed by atoms with Gasteiger partial charge in [-0.25, -0.2) is 14.3 Å². The number of anilines is 2. The van der Waals surface area contributed by atoms with Gasteiger partial charge in [-0.2, -0.15) is 5.11 Å². The molecule has 0 aliphatic carbocycles. The Balaban J connectivity index is 1.69. The van der Waals surface area contributed by atoms with E-state index in [0.29, 0.717) is 17.1 Å². The number of carbonyl (C=O) groups excluding carboxylic acids is 2. The largest absolute Gasteiger partial charge is 0.497 e. The summed E-state index contributed by atoms with van der Waals surface area (Å²) >= 11 is 0. The average molecular weight is 340 g/mol. The minimum absolute atomic E-state index is 0.312. The summed E-state index contributed by atoms with van der Waals surface area (Å²) in [5, 5.41) is 9.36. The number of rotatable bonds is 3. The second-order valence-corrected chi connectivity index (χ2v) is 5.63. The lowest BCUT2D eigenvalue weighted by Gasteiger charge is -2.21. The van der Waals surface area contributed by atoms with Crippen LogP contribution in [-0.4, -0.2) is 31.0 Å². The molecule has 2 aliphatic heterocycles. The van der Waals surface area contributed by atoms with Gasteiger partial charge in [-0.3, -0.25) is 9.59 Å². The first-order valence-electron chi connectivity index (χ1n) is 7.57. The Labute approximate surface area is 142 Å². The molecule has 1 fully saturated rings. The maximum atomic E-state index is 13.1. The van der Waals surface area contributed by atoms with Crippen LogP contribution in [0.5, 0.6) is 5.75 Å². The van der Waals surface area contributed by atoms with Crippen molar-refractivity contribution in [3.63, 3.8) is 0 Å². The molecule has 0 radical (unpaired) electrons. The van der Waals surface area contributed by atoms with Crippen LogP contribution in [0.25, 0.3) is 0 Å².